The summed E-state index contributed by atoms with van der Waals surface area (Å²) >= 11 is 5.82. The lowest BCUT2D eigenvalue weighted by Crippen LogP contribution is -2.24. The molecule has 0 spiro atoms. The molecule has 1 atom stereocenters. The van der Waals surface area contributed by atoms with Crippen molar-refractivity contribution in [1.29, 1.82) is 0 Å². The minimum Gasteiger partial charge on any atom is -0.323 e. The first-order chi connectivity index (χ1) is 12.9. The van der Waals surface area contributed by atoms with E-state index in [1.54, 1.807) is 18.2 Å². The Morgan fingerprint density at radius 2 is 1.81 bits per heavy atom. The van der Waals surface area contributed by atoms with E-state index in [9.17, 15) is 8.42 Å². The van der Waals surface area contributed by atoms with E-state index < -0.39 is 10.0 Å². The van der Waals surface area contributed by atoms with Crippen molar-refractivity contribution < 1.29 is 8.42 Å². The van der Waals surface area contributed by atoms with Crippen molar-refractivity contribution in [3.05, 3.63) is 77.4 Å². The van der Waals surface area contributed by atoms with Crippen LogP contribution in [0.5, 0.6) is 0 Å². The third-order valence-electron chi connectivity index (χ3n) is 4.58. The predicted molar refractivity (Wildman–Crippen MR) is 108 cm³/mol. The molecular formula is C20H18ClN3O2S. The highest BCUT2D eigenvalue weighted by molar-refractivity contribution is 7.92. The van der Waals surface area contributed by atoms with Crippen molar-refractivity contribution >= 4 is 38.8 Å². The first-order valence-corrected chi connectivity index (χ1v) is 10.4. The van der Waals surface area contributed by atoms with Gasteiger partial charge in [0.1, 0.15) is 5.82 Å². The van der Waals surface area contributed by atoms with Crippen LogP contribution < -0.4 is 9.62 Å². The van der Waals surface area contributed by atoms with Gasteiger partial charge in [-0.1, -0.05) is 29.8 Å². The van der Waals surface area contributed by atoms with Crippen LogP contribution in [0.15, 0.2) is 71.8 Å². The minimum absolute atomic E-state index is 0.151. The number of sulfonamides is 1. The highest BCUT2D eigenvalue weighted by atomic mass is 35.5. The van der Waals surface area contributed by atoms with E-state index in [0.29, 0.717) is 16.8 Å². The molecule has 27 heavy (non-hydrogen) atoms. The summed E-state index contributed by atoms with van der Waals surface area (Å²) in [5.41, 5.74) is 2.85. The maximum Gasteiger partial charge on any atom is 0.261 e. The summed E-state index contributed by atoms with van der Waals surface area (Å²) in [5, 5.41) is 0.486. The summed E-state index contributed by atoms with van der Waals surface area (Å²) in [6, 6.07) is 18.1. The molecule has 0 saturated carbocycles. The lowest BCUT2D eigenvalue weighted by Gasteiger charge is -2.24. The van der Waals surface area contributed by atoms with Crippen LogP contribution in [0.25, 0.3) is 0 Å². The standard InChI is InChI=1S/C20H18ClN3O2S/c1-14-12-15-4-2-3-5-19(15)24(14)20-11-8-17(13-22-20)23-27(25,26)18-9-6-16(21)7-10-18/h2-11,13-14,23H,12H2,1H3. The molecule has 1 aliphatic heterocycles. The molecule has 2 aromatic carbocycles. The van der Waals surface area contributed by atoms with Crippen molar-refractivity contribution in [2.75, 3.05) is 9.62 Å². The molecule has 1 aliphatic rings. The van der Waals surface area contributed by atoms with Crippen LogP contribution in [0.4, 0.5) is 17.2 Å². The molecule has 1 N–H and O–H groups in total. The van der Waals surface area contributed by atoms with Gasteiger partial charge in [-0.05, 0) is 61.4 Å². The van der Waals surface area contributed by atoms with Gasteiger partial charge in [-0.25, -0.2) is 13.4 Å². The van der Waals surface area contributed by atoms with E-state index in [-0.39, 0.29) is 4.90 Å². The number of hydrogen-bond acceptors (Lipinski definition) is 4. The van der Waals surface area contributed by atoms with E-state index in [1.807, 2.05) is 18.2 Å². The normalized spacial score (nSPS) is 16.2. The van der Waals surface area contributed by atoms with Gasteiger partial charge in [0.2, 0.25) is 0 Å². The van der Waals surface area contributed by atoms with Gasteiger partial charge in [0, 0.05) is 16.8 Å². The summed E-state index contributed by atoms with van der Waals surface area (Å²) < 4.78 is 27.5. The fourth-order valence-electron chi connectivity index (χ4n) is 3.33. The fourth-order valence-corrected chi connectivity index (χ4v) is 4.50. The van der Waals surface area contributed by atoms with Crippen LogP contribution in [-0.4, -0.2) is 19.4 Å². The summed E-state index contributed by atoms with van der Waals surface area (Å²) in [6.07, 6.45) is 2.50. The molecule has 4 rings (SSSR count). The first-order valence-electron chi connectivity index (χ1n) is 8.56. The molecular weight excluding hydrogens is 382 g/mol. The van der Waals surface area contributed by atoms with Gasteiger partial charge in [-0.2, -0.15) is 0 Å². The molecule has 7 heteroatoms. The molecule has 0 bridgehead atoms. The number of aromatic nitrogens is 1. The number of pyridine rings is 1. The van der Waals surface area contributed by atoms with Gasteiger partial charge in [0.15, 0.2) is 0 Å². The Bertz CT molecular complexity index is 1070. The van der Waals surface area contributed by atoms with Gasteiger partial charge in [-0.15, -0.1) is 0 Å². The SMILES string of the molecule is CC1Cc2ccccc2N1c1ccc(NS(=O)(=O)c2ccc(Cl)cc2)cn1. The zero-order chi connectivity index (χ0) is 19.0. The Morgan fingerprint density at radius 3 is 2.52 bits per heavy atom. The summed E-state index contributed by atoms with van der Waals surface area (Å²) in [7, 11) is -3.68. The predicted octanol–water partition coefficient (Wildman–Crippen LogP) is 4.62. The second kappa shape index (κ2) is 6.87. The van der Waals surface area contributed by atoms with Crippen molar-refractivity contribution in [3.63, 3.8) is 0 Å². The van der Waals surface area contributed by atoms with Crippen molar-refractivity contribution in [2.24, 2.45) is 0 Å². The van der Waals surface area contributed by atoms with E-state index in [2.05, 4.69) is 33.7 Å². The molecule has 5 nitrogen and oxygen atoms in total. The first kappa shape index (κ1) is 17.8. The number of para-hydroxylation sites is 1. The zero-order valence-electron chi connectivity index (χ0n) is 14.6. The Morgan fingerprint density at radius 1 is 1.07 bits per heavy atom. The van der Waals surface area contributed by atoms with Gasteiger partial charge in [-0.3, -0.25) is 4.72 Å². The van der Waals surface area contributed by atoms with Gasteiger partial charge in [0.25, 0.3) is 10.0 Å². The Kier molecular flexibility index (Phi) is 4.53. The van der Waals surface area contributed by atoms with Crippen LogP contribution in [0.1, 0.15) is 12.5 Å². The fraction of sp³-hybridized carbons (Fsp3) is 0.150. The number of benzene rings is 2. The quantitative estimate of drug-likeness (QED) is 0.695. The van der Waals surface area contributed by atoms with Crippen LogP contribution >= 0.6 is 11.6 Å². The maximum atomic E-state index is 12.5. The van der Waals surface area contributed by atoms with Crippen molar-refractivity contribution in [3.8, 4) is 0 Å². The highest BCUT2D eigenvalue weighted by Crippen LogP contribution is 2.37. The van der Waals surface area contributed by atoms with E-state index in [4.69, 9.17) is 11.6 Å². The maximum absolute atomic E-state index is 12.5. The third-order valence-corrected chi connectivity index (χ3v) is 6.23. The smallest absolute Gasteiger partial charge is 0.261 e. The van der Waals surface area contributed by atoms with Gasteiger partial charge in [0.05, 0.1) is 16.8 Å². The lowest BCUT2D eigenvalue weighted by molar-refractivity contribution is 0.601. The van der Waals surface area contributed by atoms with Crippen LogP contribution in [0.3, 0.4) is 0 Å². The molecule has 0 fully saturated rings. The Labute approximate surface area is 163 Å². The topological polar surface area (TPSA) is 62.3 Å². The summed E-state index contributed by atoms with van der Waals surface area (Å²) in [6.45, 7) is 2.15. The van der Waals surface area contributed by atoms with Crippen LogP contribution in [0, 0.1) is 0 Å². The molecule has 1 unspecified atom stereocenters. The lowest BCUT2D eigenvalue weighted by atomic mass is 10.1. The van der Waals surface area contributed by atoms with Crippen LogP contribution in [0.2, 0.25) is 5.02 Å². The molecule has 0 radical (unpaired) electrons. The number of nitrogens with one attached hydrogen (secondary N) is 1. The highest BCUT2D eigenvalue weighted by Gasteiger charge is 2.27. The number of nitrogens with zero attached hydrogens (tertiary/aromatic N) is 2. The number of fused-ring (bicyclic) bond motifs is 1. The zero-order valence-corrected chi connectivity index (χ0v) is 16.2. The average molecular weight is 400 g/mol. The molecule has 1 aromatic heterocycles. The largest absolute Gasteiger partial charge is 0.323 e. The van der Waals surface area contributed by atoms with Crippen molar-refractivity contribution in [1.82, 2.24) is 4.98 Å². The monoisotopic (exact) mass is 399 g/mol. The van der Waals surface area contributed by atoms with Gasteiger partial charge >= 0.3 is 0 Å². The molecule has 2 heterocycles. The second-order valence-electron chi connectivity index (χ2n) is 6.52. The number of anilines is 3. The van der Waals surface area contributed by atoms with Crippen molar-refractivity contribution in [2.45, 2.75) is 24.3 Å². The summed E-state index contributed by atoms with van der Waals surface area (Å²) in [5.74, 6) is 0.793. The number of halogens is 1. The van der Waals surface area contributed by atoms with E-state index in [0.717, 1.165) is 17.9 Å². The molecule has 138 valence electrons. The van der Waals surface area contributed by atoms with E-state index in [1.165, 1.54) is 23.9 Å². The molecule has 0 saturated heterocycles. The Balaban J connectivity index is 1.57. The summed E-state index contributed by atoms with van der Waals surface area (Å²) in [4.78, 5) is 6.80. The average Bonchev–Trinajstić information content (AvgIpc) is 2.98. The minimum atomic E-state index is -3.68. The van der Waals surface area contributed by atoms with Crippen LogP contribution in [-0.2, 0) is 16.4 Å². The Hall–Kier alpha value is -2.57. The third kappa shape index (κ3) is 3.50. The second-order valence-corrected chi connectivity index (χ2v) is 8.64. The van der Waals surface area contributed by atoms with E-state index >= 15 is 0 Å². The molecule has 0 amide bonds. The molecule has 3 aromatic rings. The van der Waals surface area contributed by atoms with Gasteiger partial charge < -0.3 is 4.90 Å². The number of rotatable bonds is 4. The number of hydrogen-bond donors (Lipinski definition) is 1. The molecule has 0 aliphatic carbocycles.